The monoisotopic (exact) mass is 229 g/mol. The van der Waals surface area contributed by atoms with E-state index in [1.165, 1.54) is 0 Å². The molecule has 15 heavy (non-hydrogen) atoms. The van der Waals surface area contributed by atoms with Crippen molar-refractivity contribution in [3.8, 4) is 5.75 Å². The van der Waals surface area contributed by atoms with Crippen molar-refractivity contribution < 1.29 is 9.84 Å². The molecule has 0 radical (unpaired) electrons. The highest BCUT2D eigenvalue weighted by molar-refractivity contribution is 5.85. The minimum atomic E-state index is -0.0710. The third-order valence-electron chi connectivity index (χ3n) is 2.37. The van der Waals surface area contributed by atoms with E-state index in [1.54, 1.807) is 12.1 Å². The standard InChI is InChI=1S/C11H15NO2.ClH/c1-8-6-12-11(14-7-8)9-3-2-4-10(13)5-9;/h2-5,8,11-13H,6-7H2,1H3;1H. The summed E-state index contributed by atoms with van der Waals surface area (Å²) < 4.78 is 5.61. The molecule has 2 rings (SSSR count). The van der Waals surface area contributed by atoms with E-state index < -0.39 is 0 Å². The van der Waals surface area contributed by atoms with E-state index >= 15 is 0 Å². The highest BCUT2D eigenvalue weighted by Gasteiger charge is 2.19. The molecule has 1 aromatic rings. The van der Waals surface area contributed by atoms with Crippen molar-refractivity contribution in [3.05, 3.63) is 29.8 Å². The number of ether oxygens (including phenoxy) is 1. The molecule has 0 saturated carbocycles. The first kappa shape index (κ1) is 12.3. The van der Waals surface area contributed by atoms with Crippen LogP contribution in [-0.2, 0) is 4.74 Å². The SMILES string of the molecule is CC1CNC(c2cccc(O)c2)OC1.Cl. The van der Waals surface area contributed by atoms with Gasteiger partial charge in [0.2, 0.25) is 0 Å². The summed E-state index contributed by atoms with van der Waals surface area (Å²) in [6, 6.07) is 7.17. The third kappa shape index (κ3) is 3.09. The van der Waals surface area contributed by atoms with Crippen molar-refractivity contribution in [2.24, 2.45) is 5.92 Å². The zero-order valence-corrected chi connectivity index (χ0v) is 9.46. The van der Waals surface area contributed by atoms with Crippen molar-refractivity contribution in [2.45, 2.75) is 13.2 Å². The smallest absolute Gasteiger partial charge is 0.134 e. The predicted octanol–water partition coefficient (Wildman–Crippen LogP) is 2.07. The van der Waals surface area contributed by atoms with Crippen LogP contribution in [-0.4, -0.2) is 18.3 Å². The number of phenols is 1. The summed E-state index contributed by atoms with van der Waals surface area (Å²) in [5, 5.41) is 12.6. The molecule has 2 N–H and O–H groups in total. The summed E-state index contributed by atoms with van der Waals surface area (Å²) in [5.41, 5.74) is 0.983. The van der Waals surface area contributed by atoms with Gasteiger partial charge in [0.1, 0.15) is 12.0 Å². The molecule has 2 atom stereocenters. The summed E-state index contributed by atoms with van der Waals surface area (Å²) in [7, 11) is 0. The molecular formula is C11H16ClNO2. The molecule has 1 aliphatic heterocycles. The Morgan fingerprint density at radius 1 is 1.47 bits per heavy atom. The van der Waals surface area contributed by atoms with E-state index in [1.807, 2.05) is 12.1 Å². The molecular weight excluding hydrogens is 214 g/mol. The summed E-state index contributed by atoms with van der Waals surface area (Å²) in [5.74, 6) is 0.843. The topological polar surface area (TPSA) is 41.5 Å². The van der Waals surface area contributed by atoms with Crippen LogP contribution in [0, 0.1) is 5.92 Å². The number of nitrogens with one attached hydrogen (secondary N) is 1. The van der Waals surface area contributed by atoms with Gasteiger partial charge in [-0.25, -0.2) is 0 Å². The predicted molar refractivity (Wildman–Crippen MR) is 61.2 cm³/mol. The molecule has 0 aliphatic carbocycles. The van der Waals surface area contributed by atoms with E-state index in [0.717, 1.165) is 18.7 Å². The highest BCUT2D eigenvalue weighted by atomic mass is 35.5. The maximum absolute atomic E-state index is 9.31. The first-order valence-corrected chi connectivity index (χ1v) is 4.89. The fourth-order valence-electron chi connectivity index (χ4n) is 1.59. The maximum Gasteiger partial charge on any atom is 0.134 e. The molecule has 3 nitrogen and oxygen atoms in total. The molecule has 0 aromatic heterocycles. The lowest BCUT2D eigenvalue weighted by Gasteiger charge is -2.28. The number of rotatable bonds is 1. The minimum absolute atomic E-state index is 0. The summed E-state index contributed by atoms with van der Waals surface area (Å²) in [4.78, 5) is 0. The second kappa shape index (κ2) is 5.35. The Labute approximate surface area is 95.9 Å². The van der Waals surface area contributed by atoms with Crippen LogP contribution in [0.15, 0.2) is 24.3 Å². The van der Waals surface area contributed by atoms with Gasteiger partial charge in [-0.3, -0.25) is 5.32 Å². The summed E-state index contributed by atoms with van der Waals surface area (Å²) in [6.07, 6.45) is -0.0710. The third-order valence-corrected chi connectivity index (χ3v) is 2.37. The fraction of sp³-hybridized carbons (Fsp3) is 0.455. The second-order valence-electron chi connectivity index (χ2n) is 3.82. The molecule has 1 fully saturated rings. The molecule has 4 heteroatoms. The molecule has 1 saturated heterocycles. The van der Waals surface area contributed by atoms with Crippen LogP contribution in [0.5, 0.6) is 5.75 Å². The molecule has 1 heterocycles. The zero-order valence-electron chi connectivity index (χ0n) is 8.64. The van der Waals surface area contributed by atoms with Crippen LogP contribution >= 0.6 is 12.4 Å². The van der Waals surface area contributed by atoms with Crippen LogP contribution in [0.3, 0.4) is 0 Å². The molecule has 0 bridgehead atoms. The van der Waals surface area contributed by atoms with Crippen LogP contribution in [0.25, 0.3) is 0 Å². The van der Waals surface area contributed by atoms with E-state index in [0.29, 0.717) is 5.92 Å². The van der Waals surface area contributed by atoms with Gasteiger partial charge in [-0.05, 0) is 23.6 Å². The average Bonchev–Trinajstić information content (AvgIpc) is 2.19. The van der Waals surface area contributed by atoms with Crippen LogP contribution in [0.1, 0.15) is 18.7 Å². The van der Waals surface area contributed by atoms with Crippen molar-refractivity contribution in [1.29, 1.82) is 0 Å². The quantitative estimate of drug-likeness (QED) is 0.775. The Morgan fingerprint density at radius 2 is 2.27 bits per heavy atom. The zero-order chi connectivity index (χ0) is 9.97. The van der Waals surface area contributed by atoms with E-state index in [-0.39, 0.29) is 24.4 Å². The van der Waals surface area contributed by atoms with E-state index in [9.17, 15) is 5.11 Å². The van der Waals surface area contributed by atoms with Crippen LogP contribution in [0.2, 0.25) is 0 Å². The van der Waals surface area contributed by atoms with Gasteiger partial charge >= 0.3 is 0 Å². The van der Waals surface area contributed by atoms with Crippen molar-refractivity contribution in [3.63, 3.8) is 0 Å². The number of hydrogen-bond donors (Lipinski definition) is 2. The molecule has 1 aliphatic rings. The summed E-state index contributed by atoms with van der Waals surface area (Å²) in [6.45, 7) is 3.87. The number of hydrogen-bond acceptors (Lipinski definition) is 3. The number of aromatic hydroxyl groups is 1. The van der Waals surface area contributed by atoms with Crippen molar-refractivity contribution in [1.82, 2.24) is 5.32 Å². The van der Waals surface area contributed by atoms with Gasteiger partial charge in [0, 0.05) is 6.54 Å². The minimum Gasteiger partial charge on any atom is -0.508 e. The molecule has 2 unspecified atom stereocenters. The van der Waals surface area contributed by atoms with Crippen molar-refractivity contribution in [2.75, 3.05) is 13.2 Å². The number of benzene rings is 1. The Morgan fingerprint density at radius 3 is 2.87 bits per heavy atom. The van der Waals surface area contributed by atoms with Gasteiger partial charge in [-0.2, -0.15) is 0 Å². The van der Waals surface area contributed by atoms with E-state index in [4.69, 9.17) is 4.74 Å². The first-order chi connectivity index (χ1) is 6.75. The van der Waals surface area contributed by atoms with Gasteiger partial charge in [0.15, 0.2) is 0 Å². The molecule has 1 aromatic carbocycles. The lowest BCUT2D eigenvalue weighted by molar-refractivity contribution is -0.0255. The maximum atomic E-state index is 9.31. The Hall–Kier alpha value is -0.770. The fourth-order valence-corrected chi connectivity index (χ4v) is 1.59. The van der Waals surface area contributed by atoms with Gasteiger partial charge in [0.05, 0.1) is 6.61 Å². The van der Waals surface area contributed by atoms with Gasteiger partial charge in [0.25, 0.3) is 0 Å². The van der Waals surface area contributed by atoms with Gasteiger partial charge in [-0.1, -0.05) is 19.1 Å². The number of phenolic OH excluding ortho intramolecular Hbond substituents is 1. The Bertz CT molecular complexity index is 311. The normalized spacial score (nSPS) is 25.7. The number of halogens is 1. The lowest BCUT2D eigenvalue weighted by Crippen LogP contribution is -2.36. The molecule has 0 spiro atoms. The largest absolute Gasteiger partial charge is 0.508 e. The second-order valence-corrected chi connectivity index (χ2v) is 3.82. The van der Waals surface area contributed by atoms with Crippen LogP contribution < -0.4 is 5.32 Å². The Kier molecular flexibility index (Phi) is 4.39. The summed E-state index contributed by atoms with van der Waals surface area (Å²) >= 11 is 0. The lowest BCUT2D eigenvalue weighted by atomic mass is 10.1. The molecule has 84 valence electrons. The van der Waals surface area contributed by atoms with E-state index in [2.05, 4.69) is 12.2 Å². The van der Waals surface area contributed by atoms with Gasteiger partial charge < -0.3 is 9.84 Å². The highest BCUT2D eigenvalue weighted by Crippen LogP contribution is 2.22. The van der Waals surface area contributed by atoms with Crippen molar-refractivity contribution >= 4 is 12.4 Å². The van der Waals surface area contributed by atoms with Crippen LogP contribution in [0.4, 0.5) is 0 Å². The van der Waals surface area contributed by atoms with Gasteiger partial charge in [-0.15, -0.1) is 12.4 Å². The molecule has 0 amide bonds. The average molecular weight is 230 g/mol. The first-order valence-electron chi connectivity index (χ1n) is 4.89. The Balaban J connectivity index is 0.00000112.